The summed E-state index contributed by atoms with van der Waals surface area (Å²) in [6, 6.07) is 1.78. The number of H-pyrrole nitrogens is 1. The molecule has 3 rings (SSSR count). The molecule has 0 unspecified atom stereocenters. The number of benzene rings is 1. The van der Waals surface area contributed by atoms with Crippen molar-refractivity contribution < 1.29 is 19.1 Å². The first-order valence-electron chi connectivity index (χ1n) is 8.89. The van der Waals surface area contributed by atoms with Crippen molar-refractivity contribution in [3.8, 4) is 5.75 Å². The maximum Gasteiger partial charge on any atom is 0.407 e. The summed E-state index contributed by atoms with van der Waals surface area (Å²) >= 11 is 6.31. The Hall–Kier alpha value is -2.41. The van der Waals surface area contributed by atoms with Crippen LogP contribution in [0.3, 0.4) is 0 Å². The zero-order valence-corrected chi connectivity index (χ0v) is 16.7. The number of fused-ring (bicyclic) bond motifs is 3. The minimum absolute atomic E-state index is 0.220. The van der Waals surface area contributed by atoms with Gasteiger partial charge in [-0.25, -0.2) is 4.79 Å². The van der Waals surface area contributed by atoms with Gasteiger partial charge >= 0.3 is 6.09 Å². The molecular weight excluding hydrogens is 370 g/mol. The third kappa shape index (κ3) is 3.98. The van der Waals surface area contributed by atoms with Crippen LogP contribution in [0.2, 0.25) is 5.02 Å². The predicted octanol–water partition coefficient (Wildman–Crippen LogP) is 3.18. The van der Waals surface area contributed by atoms with E-state index in [1.165, 1.54) is 0 Å². The van der Waals surface area contributed by atoms with Crippen LogP contribution in [0.15, 0.2) is 6.07 Å². The monoisotopic (exact) mass is 393 g/mol. The Labute approximate surface area is 162 Å². The number of halogens is 1. The summed E-state index contributed by atoms with van der Waals surface area (Å²) < 4.78 is 10.9. The second-order valence-electron chi connectivity index (χ2n) is 7.42. The summed E-state index contributed by atoms with van der Waals surface area (Å²) in [5.41, 5.74) is 2.52. The van der Waals surface area contributed by atoms with Gasteiger partial charge in [-0.2, -0.15) is 0 Å². The smallest absolute Gasteiger partial charge is 0.407 e. The molecule has 0 fully saturated rings. The van der Waals surface area contributed by atoms with Gasteiger partial charge in [0.2, 0.25) is 0 Å². The predicted molar refractivity (Wildman–Crippen MR) is 104 cm³/mol. The lowest BCUT2D eigenvalue weighted by Crippen LogP contribution is -2.33. The number of nitrogens with one attached hydrogen (secondary N) is 3. The van der Waals surface area contributed by atoms with Gasteiger partial charge < -0.3 is 25.1 Å². The molecule has 146 valence electrons. The van der Waals surface area contributed by atoms with E-state index in [1.54, 1.807) is 13.1 Å². The number of carbonyl (C=O) groups excluding carboxylic acids is 2. The molecule has 27 heavy (non-hydrogen) atoms. The average Bonchev–Trinajstić information content (AvgIpc) is 3.17. The van der Waals surface area contributed by atoms with Crippen LogP contribution in [0, 0.1) is 0 Å². The number of amides is 2. The Morgan fingerprint density at radius 2 is 2.11 bits per heavy atom. The van der Waals surface area contributed by atoms with Crippen LogP contribution in [-0.4, -0.2) is 42.8 Å². The van der Waals surface area contributed by atoms with Gasteiger partial charge in [-0.1, -0.05) is 11.6 Å². The highest BCUT2D eigenvalue weighted by molar-refractivity contribution is 6.33. The van der Waals surface area contributed by atoms with E-state index in [4.69, 9.17) is 21.1 Å². The first-order valence-corrected chi connectivity index (χ1v) is 9.26. The molecular formula is C19H24ClN3O4. The number of alkyl carbamates (subject to hydrolysis) is 1. The summed E-state index contributed by atoms with van der Waals surface area (Å²) in [4.78, 5) is 27.4. The fourth-order valence-corrected chi connectivity index (χ4v) is 3.56. The van der Waals surface area contributed by atoms with Crippen LogP contribution in [-0.2, 0) is 17.6 Å². The van der Waals surface area contributed by atoms with Crippen molar-refractivity contribution in [1.82, 2.24) is 15.6 Å². The molecule has 0 radical (unpaired) electrons. The number of aromatic amines is 1. The Kier molecular flexibility index (Phi) is 5.24. The molecule has 0 aliphatic carbocycles. The van der Waals surface area contributed by atoms with Gasteiger partial charge in [-0.15, -0.1) is 0 Å². The van der Waals surface area contributed by atoms with Crippen LogP contribution in [0.4, 0.5) is 4.79 Å². The van der Waals surface area contributed by atoms with Crippen LogP contribution >= 0.6 is 11.6 Å². The molecule has 0 spiro atoms. The quantitative estimate of drug-likeness (QED) is 0.743. The lowest BCUT2D eigenvalue weighted by molar-refractivity contribution is 0.0528. The van der Waals surface area contributed by atoms with Crippen LogP contribution in [0.25, 0.3) is 10.9 Å². The van der Waals surface area contributed by atoms with Gasteiger partial charge in [-0.3, -0.25) is 4.79 Å². The number of rotatable bonds is 4. The van der Waals surface area contributed by atoms with Crippen molar-refractivity contribution in [1.29, 1.82) is 0 Å². The minimum atomic E-state index is -0.562. The Balaban J connectivity index is 1.92. The number of hydrogen-bond donors (Lipinski definition) is 3. The topological polar surface area (TPSA) is 92.5 Å². The second-order valence-corrected chi connectivity index (χ2v) is 7.83. The van der Waals surface area contributed by atoms with Crippen molar-refractivity contribution in [2.75, 3.05) is 20.2 Å². The summed E-state index contributed by atoms with van der Waals surface area (Å²) in [6.07, 6.45) is 0.709. The lowest BCUT2D eigenvalue weighted by atomic mass is 10.00. The van der Waals surface area contributed by atoms with Gasteiger partial charge in [0.1, 0.15) is 17.0 Å². The molecule has 8 heteroatoms. The van der Waals surface area contributed by atoms with Crippen LogP contribution in [0.1, 0.15) is 42.4 Å². The van der Waals surface area contributed by atoms with E-state index in [0.717, 1.165) is 28.5 Å². The summed E-state index contributed by atoms with van der Waals surface area (Å²) in [5, 5.41) is 6.86. The number of aromatic nitrogens is 1. The number of carbonyl (C=O) groups is 2. The van der Waals surface area contributed by atoms with E-state index in [1.807, 2.05) is 20.8 Å². The summed E-state index contributed by atoms with van der Waals surface area (Å²) in [5.74, 6) is 0.454. The SMILES string of the molecule is CNC(=O)c1[nH]c2cc(Cl)c3c(c2c1CCNC(=O)OC(C)(C)C)CCO3. The van der Waals surface area contributed by atoms with Crippen molar-refractivity contribution in [3.05, 3.63) is 27.9 Å². The normalized spacial score (nSPS) is 13.2. The zero-order chi connectivity index (χ0) is 19.8. The van der Waals surface area contributed by atoms with E-state index in [0.29, 0.717) is 36.0 Å². The van der Waals surface area contributed by atoms with E-state index < -0.39 is 11.7 Å². The largest absolute Gasteiger partial charge is 0.491 e. The molecule has 1 aliphatic heterocycles. The van der Waals surface area contributed by atoms with Gasteiger partial charge in [0.25, 0.3) is 5.91 Å². The van der Waals surface area contributed by atoms with E-state index >= 15 is 0 Å². The minimum Gasteiger partial charge on any atom is -0.491 e. The van der Waals surface area contributed by atoms with Gasteiger partial charge in [0.15, 0.2) is 0 Å². The first kappa shape index (κ1) is 19.4. The molecule has 7 nitrogen and oxygen atoms in total. The highest BCUT2D eigenvalue weighted by Crippen LogP contribution is 2.41. The number of ether oxygens (including phenoxy) is 2. The van der Waals surface area contributed by atoms with Gasteiger partial charge in [0.05, 0.1) is 11.6 Å². The van der Waals surface area contributed by atoms with Crippen LogP contribution in [0.5, 0.6) is 5.75 Å². The molecule has 0 atom stereocenters. The Morgan fingerprint density at radius 1 is 1.37 bits per heavy atom. The Morgan fingerprint density at radius 3 is 2.78 bits per heavy atom. The molecule has 0 bridgehead atoms. The van der Waals surface area contributed by atoms with E-state index in [-0.39, 0.29) is 5.91 Å². The standard InChI is InChI=1S/C19H24ClN3O4/c1-19(2,3)27-18(25)22-7-5-10-14-11-6-8-26-16(11)12(20)9-13(14)23-15(10)17(24)21-4/h9,23H,5-8H2,1-4H3,(H,21,24)(H,22,25). The van der Waals surface area contributed by atoms with Crippen molar-refractivity contribution in [3.63, 3.8) is 0 Å². The maximum absolute atomic E-state index is 12.4. The zero-order valence-electron chi connectivity index (χ0n) is 15.9. The van der Waals surface area contributed by atoms with Gasteiger partial charge in [0, 0.05) is 36.5 Å². The maximum atomic E-state index is 12.4. The fourth-order valence-electron chi connectivity index (χ4n) is 3.29. The summed E-state index contributed by atoms with van der Waals surface area (Å²) in [6.45, 7) is 6.32. The Bertz CT molecular complexity index is 899. The average molecular weight is 394 g/mol. The molecule has 2 amide bonds. The second kappa shape index (κ2) is 7.31. The highest BCUT2D eigenvalue weighted by atomic mass is 35.5. The van der Waals surface area contributed by atoms with Crippen LogP contribution < -0.4 is 15.4 Å². The first-order chi connectivity index (χ1) is 12.7. The highest BCUT2D eigenvalue weighted by Gasteiger charge is 2.26. The molecule has 0 saturated heterocycles. The van der Waals surface area contributed by atoms with E-state index in [9.17, 15) is 9.59 Å². The third-order valence-electron chi connectivity index (χ3n) is 4.29. The van der Waals surface area contributed by atoms with Crippen molar-refractivity contribution >= 4 is 34.5 Å². The molecule has 3 N–H and O–H groups in total. The summed E-state index contributed by atoms with van der Waals surface area (Å²) in [7, 11) is 1.58. The molecule has 2 heterocycles. The molecule has 1 aromatic carbocycles. The number of hydrogen-bond acceptors (Lipinski definition) is 4. The molecule has 1 aromatic heterocycles. The molecule has 0 saturated carbocycles. The fraction of sp³-hybridized carbons (Fsp3) is 0.474. The lowest BCUT2D eigenvalue weighted by Gasteiger charge is -2.19. The molecule has 2 aromatic rings. The molecule has 1 aliphatic rings. The third-order valence-corrected chi connectivity index (χ3v) is 4.57. The van der Waals surface area contributed by atoms with Crippen molar-refractivity contribution in [2.45, 2.75) is 39.2 Å². The van der Waals surface area contributed by atoms with Crippen molar-refractivity contribution in [2.24, 2.45) is 0 Å². The van der Waals surface area contributed by atoms with E-state index in [2.05, 4.69) is 15.6 Å². The van der Waals surface area contributed by atoms with Gasteiger partial charge in [-0.05, 0) is 38.8 Å².